The van der Waals surface area contributed by atoms with Gasteiger partial charge >= 0.3 is 0 Å². The standard InChI is InChI=1S/C13H12Br2FN3O/c1-6(2)11-10(15)12(19-18-11)13(20)17-9-4-3-7(14)5-8(9)16/h3-6H,1-2H3,(H,17,20)(H,18,19). The molecule has 0 bridgehead atoms. The molecule has 1 aromatic heterocycles. The maximum Gasteiger partial charge on any atom is 0.277 e. The van der Waals surface area contributed by atoms with Crippen molar-refractivity contribution in [1.29, 1.82) is 0 Å². The topological polar surface area (TPSA) is 57.8 Å². The molecule has 0 fully saturated rings. The molecule has 0 aliphatic heterocycles. The van der Waals surface area contributed by atoms with E-state index in [2.05, 4.69) is 47.4 Å². The lowest BCUT2D eigenvalue weighted by atomic mass is 10.1. The Morgan fingerprint density at radius 3 is 2.65 bits per heavy atom. The second kappa shape index (κ2) is 6.05. The quantitative estimate of drug-likeness (QED) is 0.793. The number of carbonyl (C=O) groups excluding carboxylic acids is 1. The van der Waals surface area contributed by atoms with E-state index in [4.69, 9.17) is 0 Å². The molecule has 0 unspecified atom stereocenters. The first-order valence-electron chi connectivity index (χ1n) is 5.90. The van der Waals surface area contributed by atoms with Gasteiger partial charge < -0.3 is 5.32 Å². The van der Waals surface area contributed by atoms with E-state index in [0.717, 1.165) is 5.69 Å². The van der Waals surface area contributed by atoms with Gasteiger partial charge in [0.05, 0.1) is 15.9 Å². The summed E-state index contributed by atoms with van der Waals surface area (Å²) in [5.74, 6) is -0.785. The Bertz CT molecular complexity index is 655. The van der Waals surface area contributed by atoms with E-state index in [1.807, 2.05) is 13.8 Å². The average molecular weight is 405 g/mol. The van der Waals surface area contributed by atoms with Crippen molar-refractivity contribution in [3.8, 4) is 0 Å². The van der Waals surface area contributed by atoms with E-state index in [0.29, 0.717) is 8.95 Å². The molecule has 1 heterocycles. The number of H-pyrrole nitrogens is 1. The van der Waals surface area contributed by atoms with Gasteiger partial charge in [0.2, 0.25) is 0 Å². The molecular formula is C13H12Br2FN3O. The number of aromatic nitrogens is 2. The molecular weight excluding hydrogens is 393 g/mol. The SMILES string of the molecule is CC(C)c1[nH]nc(C(=O)Nc2ccc(Br)cc2F)c1Br. The molecule has 1 aromatic carbocycles. The van der Waals surface area contributed by atoms with Crippen LogP contribution in [0.25, 0.3) is 0 Å². The van der Waals surface area contributed by atoms with E-state index < -0.39 is 11.7 Å². The van der Waals surface area contributed by atoms with Gasteiger partial charge in [-0.05, 0) is 40.0 Å². The van der Waals surface area contributed by atoms with Crippen molar-refractivity contribution in [1.82, 2.24) is 10.2 Å². The number of aromatic amines is 1. The summed E-state index contributed by atoms with van der Waals surface area (Å²) >= 11 is 6.50. The van der Waals surface area contributed by atoms with Crippen LogP contribution in [0.4, 0.5) is 10.1 Å². The molecule has 20 heavy (non-hydrogen) atoms. The zero-order valence-electron chi connectivity index (χ0n) is 10.8. The fourth-order valence-electron chi connectivity index (χ4n) is 1.65. The van der Waals surface area contributed by atoms with Gasteiger partial charge in [0.25, 0.3) is 5.91 Å². The van der Waals surface area contributed by atoms with Gasteiger partial charge in [-0.2, -0.15) is 5.10 Å². The first kappa shape index (κ1) is 15.2. The van der Waals surface area contributed by atoms with Gasteiger partial charge in [-0.15, -0.1) is 0 Å². The fraction of sp³-hybridized carbons (Fsp3) is 0.231. The van der Waals surface area contributed by atoms with Gasteiger partial charge in [0, 0.05) is 4.47 Å². The van der Waals surface area contributed by atoms with Crippen LogP contribution >= 0.6 is 31.9 Å². The number of nitrogens with one attached hydrogen (secondary N) is 2. The normalized spacial score (nSPS) is 10.9. The Balaban J connectivity index is 2.24. The maximum absolute atomic E-state index is 13.7. The third-order valence-corrected chi connectivity index (χ3v) is 4.00. The molecule has 2 aromatic rings. The molecule has 4 nitrogen and oxygen atoms in total. The van der Waals surface area contributed by atoms with Crippen molar-refractivity contribution >= 4 is 43.5 Å². The lowest BCUT2D eigenvalue weighted by Gasteiger charge is -2.06. The van der Waals surface area contributed by atoms with Crippen LogP contribution in [0.15, 0.2) is 27.1 Å². The average Bonchev–Trinajstić information content (AvgIpc) is 2.74. The summed E-state index contributed by atoms with van der Waals surface area (Å²) in [6.45, 7) is 3.96. The highest BCUT2D eigenvalue weighted by molar-refractivity contribution is 9.10. The largest absolute Gasteiger partial charge is 0.318 e. The predicted molar refractivity (Wildman–Crippen MR) is 82.4 cm³/mol. The Morgan fingerprint density at radius 1 is 1.40 bits per heavy atom. The Kier molecular flexibility index (Phi) is 4.59. The summed E-state index contributed by atoms with van der Waals surface area (Å²) in [5, 5.41) is 9.27. The molecule has 0 atom stereocenters. The smallest absolute Gasteiger partial charge is 0.277 e. The Labute approximate surface area is 132 Å². The molecule has 0 saturated heterocycles. The van der Waals surface area contributed by atoms with Gasteiger partial charge in [0.15, 0.2) is 5.69 Å². The minimum atomic E-state index is -0.511. The van der Waals surface area contributed by atoms with Crippen LogP contribution < -0.4 is 5.32 Å². The molecule has 106 valence electrons. The van der Waals surface area contributed by atoms with Gasteiger partial charge in [-0.25, -0.2) is 4.39 Å². The van der Waals surface area contributed by atoms with Crippen LogP contribution in [0.2, 0.25) is 0 Å². The first-order chi connectivity index (χ1) is 9.40. The number of amides is 1. The van der Waals surface area contributed by atoms with Crippen molar-refractivity contribution in [2.75, 3.05) is 5.32 Å². The number of hydrogen-bond donors (Lipinski definition) is 2. The summed E-state index contributed by atoms with van der Waals surface area (Å²) in [7, 11) is 0. The van der Waals surface area contributed by atoms with E-state index in [-0.39, 0.29) is 17.3 Å². The van der Waals surface area contributed by atoms with E-state index in [9.17, 15) is 9.18 Å². The van der Waals surface area contributed by atoms with E-state index in [1.165, 1.54) is 12.1 Å². The number of halogens is 3. The van der Waals surface area contributed by atoms with E-state index >= 15 is 0 Å². The second-order valence-corrected chi connectivity index (χ2v) is 6.24. The highest BCUT2D eigenvalue weighted by Gasteiger charge is 2.20. The summed E-state index contributed by atoms with van der Waals surface area (Å²) in [5.41, 5.74) is 1.14. The van der Waals surface area contributed by atoms with Gasteiger partial charge in [0.1, 0.15) is 5.82 Å². The molecule has 0 aliphatic carbocycles. The molecule has 2 rings (SSSR count). The minimum absolute atomic E-state index is 0.110. The van der Waals surface area contributed by atoms with Crippen molar-refractivity contribution in [3.63, 3.8) is 0 Å². The molecule has 7 heteroatoms. The van der Waals surface area contributed by atoms with Crippen LogP contribution in [-0.4, -0.2) is 16.1 Å². The number of anilines is 1. The van der Waals surface area contributed by atoms with Crippen molar-refractivity contribution in [2.24, 2.45) is 0 Å². The number of nitrogens with zero attached hydrogens (tertiary/aromatic N) is 1. The number of benzene rings is 1. The van der Waals surface area contributed by atoms with E-state index in [1.54, 1.807) is 6.07 Å². The maximum atomic E-state index is 13.7. The number of rotatable bonds is 3. The zero-order chi connectivity index (χ0) is 14.9. The second-order valence-electron chi connectivity index (χ2n) is 4.53. The van der Waals surface area contributed by atoms with Crippen LogP contribution in [0.1, 0.15) is 35.9 Å². The molecule has 0 aliphatic rings. The lowest BCUT2D eigenvalue weighted by Crippen LogP contribution is -2.14. The first-order valence-corrected chi connectivity index (χ1v) is 7.49. The predicted octanol–water partition coefficient (Wildman–Crippen LogP) is 4.45. The minimum Gasteiger partial charge on any atom is -0.318 e. The molecule has 0 radical (unpaired) electrons. The highest BCUT2D eigenvalue weighted by atomic mass is 79.9. The summed E-state index contributed by atoms with van der Waals surface area (Å²) < 4.78 is 14.9. The Morgan fingerprint density at radius 2 is 2.10 bits per heavy atom. The summed E-state index contributed by atoms with van der Waals surface area (Å²) in [4.78, 5) is 12.1. The molecule has 1 amide bonds. The summed E-state index contributed by atoms with van der Waals surface area (Å²) in [6.07, 6.45) is 0. The zero-order valence-corrected chi connectivity index (χ0v) is 14.0. The number of hydrogen-bond acceptors (Lipinski definition) is 2. The third kappa shape index (κ3) is 3.09. The van der Waals surface area contributed by atoms with Crippen LogP contribution in [0.5, 0.6) is 0 Å². The van der Waals surface area contributed by atoms with Crippen LogP contribution in [0.3, 0.4) is 0 Å². The van der Waals surface area contributed by atoms with Crippen molar-refractivity contribution < 1.29 is 9.18 Å². The summed E-state index contributed by atoms with van der Waals surface area (Å²) in [6, 6.07) is 4.42. The monoisotopic (exact) mass is 403 g/mol. The molecule has 2 N–H and O–H groups in total. The number of carbonyl (C=O) groups is 1. The third-order valence-electron chi connectivity index (χ3n) is 2.70. The van der Waals surface area contributed by atoms with Crippen molar-refractivity contribution in [3.05, 3.63) is 44.3 Å². The van der Waals surface area contributed by atoms with Crippen LogP contribution in [-0.2, 0) is 0 Å². The Hall–Kier alpha value is -1.21. The fourth-order valence-corrected chi connectivity index (χ4v) is 2.80. The molecule has 0 saturated carbocycles. The van der Waals surface area contributed by atoms with Crippen LogP contribution in [0, 0.1) is 5.82 Å². The highest BCUT2D eigenvalue weighted by Crippen LogP contribution is 2.26. The van der Waals surface area contributed by atoms with Gasteiger partial charge in [-0.3, -0.25) is 9.89 Å². The van der Waals surface area contributed by atoms with Crippen molar-refractivity contribution in [2.45, 2.75) is 19.8 Å². The lowest BCUT2D eigenvalue weighted by molar-refractivity contribution is 0.102. The van der Waals surface area contributed by atoms with Gasteiger partial charge in [-0.1, -0.05) is 29.8 Å². The molecule has 0 spiro atoms.